The van der Waals surface area contributed by atoms with Gasteiger partial charge in [0.2, 0.25) is 0 Å². The van der Waals surface area contributed by atoms with Gasteiger partial charge in [0.05, 0.1) is 13.2 Å². The summed E-state index contributed by atoms with van der Waals surface area (Å²) in [6, 6.07) is 5.08. The molecule has 2 amide bonds. The van der Waals surface area contributed by atoms with E-state index in [1.807, 2.05) is 6.92 Å². The molecule has 1 rings (SSSR count). The van der Waals surface area contributed by atoms with Crippen molar-refractivity contribution in [2.24, 2.45) is 0 Å². The summed E-state index contributed by atoms with van der Waals surface area (Å²) in [5, 5.41) is 5.17. The highest BCUT2D eigenvalue weighted by Gasteiger charge is 2.09. The van der Waals surface area contributed by atoms with Gasteiger partial charge in [0.1, 0.15) is 13.2 Å². The molecule has 0 bridgehead atoms. The van der Waals surface area contributed by atoms with E-state index in [0.29, 0.717) is 24.6 Å². The van der Waals surface area contributed by atoms with E-state index in [1.54, 1.807) is 18.2 Å². The molecule has 0 saturated heterocycles. The van der Waals surface area contributed by atoms with Crippen molar-refractivity contribution in [1.29, 1.82) is 0 Å². The van der Waals surface area contributed by atoms with Crippen molar-refractivity contribution in [2.45, 2.75) is 6.92 Å². The Labute approximate surface area is 135 Å². The van der Waals surface area contributed by atoms with Gasteiger partial charge < -0.3 is 18.9 Å². The lowest BCUT2D eigenvalue weighted by Crippen LogP contribution is -2.18. The minimum absolute atomic E-state index is 0.158. The normalized spacial score (nSPS) is 10.0. The molecule has 0 aromatic heterocycles. The first-order valence-electron chi connectivity index (χ1n) is 7.03. The number of aryl methyl sites for hydroxylation is 1. The number of hydrogen-bond acceptors (Lipinski definition) is 6. The fraction of sp³-hybridized carbons (Fsp3) is 0.467. The maximum atomic E-state index is 11.6. The second-order valence-corrected chi connectivity index (χ2v) is 4.54. The molecule has 0 spiro atoms. The summed E-state index contributed by atoms with van der Waals surface area (Å²) in [5.41, 5.74) is 1.85. The molecule has 0 aliphatic carbocycles. The molecule has 0 saturated carbocycles. The average molecular weight is 326 g/mol. The lowest BCUT2D eigenvalue weighted by Gasteiger charge is -2.12. The van der Waals surface area contributed by atoms with Crippen LogP contribution in [-0.2, 0) is 18.9 Å². The van der Waals surface area contributed by atoms with Crippen molar-refractivity contribution in [3.05, 3.63) is 23.8 Å². The molecule has 0 aliphatic rings. The molecule has 0 aliphatic heterocycles. The van der Waals surface area contributed by atoms with E-state index in [-0.39, 0.29) is 13.2 Å². The van der Waals surface area contributed by atoms with E-state index in [4.69, 9.17) is 18.9 Å². The molecule has 8 heteroatoms. The maximum Gasteiger partial charge on any atom is 0.411 e. The number of amides is 2. The Bertz CT molecular complexity index is 521. The minimum Gasteiger partial charge on any atom is -0.447 e. The van der Waals surface area contributed by atoms with Gasteiger partial charge in [-0.15, -0.1) is 0 Å². The number of methoxy groups -OCH3 is 2. The Balaban J connectivity index is 2.57. The largest absolute Gasteiger partial charge is 0.447 e. The van der Waals surface area contributed by atoms with Crippen LogP contribution < -0.4 is 10.6 Å². The van der Waals surface area contributed by atoms with E-state index in [2.05, 4.69) is 10.6 Å². The second-order valence-electron chi connectivity index (χ2n) is 4.54. The molecule has 0 fully saturated rings. The summed E-state index contributed by atoms with van der Waals surface area (Å²) >= 11 is 0. The fourth-order valence-electron chi connectivity index (χ4n) is 1.57. The summed E-state index contributed by atoms with van der Waals surface area (Å²) < 4.78 is 19.4. The number of nitrogens with one attached hydrogen (secondary N) is 2. The predicted molar refractivity (Wildman–Crippen MR) is 84.9 cm³/mol. The molecule has 23 heavy (non-hydrogen) atoms. The van der Waals surface area contributed by atoms with Gasteiger partial charge in [-0.1, -0.05) is 6.07 Å². The topological polar surface area (TPSA) is 95.1 Å². The third-order valence-electron chi connectivity index (χ3n) is 2.76. The second kappa shape index (κ2) is 10.4. The zero-order valence-corrected chi connectivity index (χ0v) is 13.5. The maximum absolute atomic E-state index is 11.6. The molecule has 0 heterocycles. The zero-order chi connectivity index (χ0) is 17.1. The van der Waals surface area contributed by atoms with E-state index in [9.17, 15) is 9.59 Å². The first-order valence-corrected chi connectivity index (χ1v) is 7.03. The van der Waals surface area contributed by atoms with Gasteiger partial charge >= 0.3 is 12.2 Å². The van der Waals surface area contributed by atoms with Gasteiger partial charge in [0.25, 0.3) is 0 Å². The number of rotatable bonds is 8. The van der Waals surface area contributed by atoms with Crippen molar-refractivity contribution < 1.29 is 28.5 Å². The summed E-state index contributed by atoms with van der Waals surface area (Å²) in [4.78, 5) is 23.2. The van der Waals surface area contributed by atoms with Crippen molar-refractivity contribution in [3.8, 4) is 0 Å². The number of hydrogen-bond donors (Lipinski definition) is 2. The average Bonchev–Trinajstić information content (AvgIpc) is 2.51. The highest BCUT2D eigenvalue weighted by molar-refractivity contribution is 5.89. The summed E-state index contributed by atoms with van der Waals surface area (Å²) in [7, 11) is 3.04. The molecule has 0 unspecified atom stereocenters. The standard InChI is InChI=1S/C15H22N2O6/c1-11-4-5-12(16-14(18)22-8-6-20-2)10-13(11)17-15(19)23-9-7-21-3/h4-5,10H,6-9H2,1-3H3,(H,16,18)(H,17,19). The lowest BCUT2D eigenvalue weighted by molar-refractivity contribution is 0.107. The monoisotopic (exact) mass is 326 g/mol. The Morgan fingerprint density at radius 3 is 2.04 bits per heavy atom. The van der Waals surface area contributed by atoms with Crippen LogP contribution in [0.25, 0.3) is 0 Å². The van der Waals surface area contributed by atoms with Crippen LogP contribution in [0.1, 0.15) is 5.56 Å². The van der Waals surface area contributed by atoms with Gasteiger partial charge in [0.15, 0.2) is 0 Å². The highest BCUT2D eigenvalue weighted by atomic mass is 16.6. The zero-order valence-electron chi connectivity index (χ0n) is 13.5. The Kier molecular flexibility index (Phi) is 8.48. The Hall–Kier alpha value is -2.32. The third-order valence-corrected chi connectivity index (χ3v) is 2.76. The van der Waals surface area contributed by atoms with Crippen LogP contribution in [0.4, 0.5) is 21.0 Å². The summed E-state index contributed by atoms with van der Waals surface area (Å²) in [5.74, 6) is 0. The number of anilines is 2. The van der Waals surface area contributed by atoms with Gasteiger partial charge in [-0.3, -0.25) is 10.6 Å². The van der Waals surface area contributed by atoms with Crippen LogP contribution >= 0.6 is 0 Å². The molecule has 8 nitrogen and oxygen atoms in total. The van der Waals surface area contributed by atoms with Crippen LogP contribution in [0.3, 0.4) is 0 Å². The van der Waals surface area contributed by atoms with Crippen molar-refractivity contribution in [3.63, 3.8) is 0 Å². The smallest absolute Gasteiger partial charge is 0.411 e. The molecular weight excluding hydrogens is 304 g/mol. The number of carbonyl (C=O) groups excluding carboxylic acids is 2. The molecule has 1 aromatic rings. The number of carbonyl (C=O) groups is 2. The van der Waals surface area contributed by atoms with Crippen LogP contribution in [-0.4, -0.2) is 52.8 Å². The quantitative estimate of drug-likeness (QED) is 0.712. The van der Waals surface area contributed by atoms with Crippen LogP contribution in [0, 0.1) is 6.92 Å². The van der Waals surface area contributed by atoms with E-state index in [1.165, 1.54) is 14.2 Å². The molecule has 1 aromatic carbocycles. The summed E-state index contributed by atoms with van der Waals surface area (Å²) in [6.45, 7) is 2.78. The first-order chi connectivity index (χ1) is 11.1. The van der Waals surface area contributed by atoms with Crippen LogP contribution in [0.2, 0.25) is 0 Å². The summed E-state index contributed by atoms with van der Waals surface area (Å²) in [6.07, 6.45) is -1.19. The Morgan fingerprint density at radius 2 is 1.48 bits per heavy atom. The fourth-order valence-corrected chi connectivity index (χ4v) is 1.57. The molecule has 0 radical (unpaired) electrons. The molecule has 0 atom stereocenters. The molecule has 128 valence electrons. The van der Waals surface area contributed by atoms with E-state index in [0.717, 1.165) is 5.56 Å². The van der Waals surface area contributed by atoms with Crippen molar-refractivity contribution in [1.82, 2.24) is 0 Å². The van der Waals surface area contributed by atoms with Gasteiger partial charge in [-0.05, 0) is 24.6 Å². The first kappa shape index (κ1) is 18.7. The van der Waals surface area contributed by atoms with Gasteiger partial charge in [0, 0.05) is 25.6 Å². The van der Waals surface area contributed by atoms with E-state index >= 15 is 0 Å². The van der Waals surface area contributed by atoms with Crippen molar-refractivity contribution in [2.75, 3.05) is 51.3 Å². The minimum atomic E-state index is -0.598. The van der Waals surface area contributed by atoms with E-state index < -0.39 is 12.2 Å². The predicted octanol–water partition coefficient (Wildman–Crippen LogP) is 2.38. The van der Waals surface area contributed by atoms with Crippen LogP contribution in [0.5, 0.6) is 0 Å². The number of benzene rings is 1. The third kappa shape index (κ3) is 7.48. The molecular formula is C15H22N2O6. The van der Waals surface area contributed by atoms with Gasteiger partial charge in [-0.25, -0.2) is 9.59 Å². The van der Waals surface area contributed by atoms with Crippen molar-refractivity contribution >= 4 is 23.6 Å². The van der Waals surface area contributed by atoms with Gasteiger partial charge in [-0.2, -0.15) is 0 Å². The SMILES string of the molecule is COCCOC(=O)Nc1ccc(C)c(NC(=O)OCCOC)c1. The Morgan fingerprint density at radius 1 is 0.913 bits per heavy atom. The highest BCUT2D eigenvalue weighted by Crippen LogP contribution is 2.20. The number of ether oxygens (including phenoxy) is 4. The van der Waals surface area contributed by atoms with Crippen LogP contribution in [0.15, 0.2) is 18.2 Å². The lowest BCUT2D eigenvalue weighted by atomic mass is 10.2. The molecule has 2 N–H and O–H groups in total.